The Labute approximate surface area is 101 Å². The maximum Gasteiger partial charge on any atom is 0.238 e. The predicted molar refractivity (Wildman–Crippen MR) is 68.3 cm³/mol. The summed E-state index contributed by atoms with van der Waals surface area (Å²) in [6, 6.07) is 8.12. The minimum Gasteiger partial charge on any atom is -0.292 e. The second-order valence-corrected chi connectivity index (χ2v) is 5.44. The summed E-state index contributed by atoms with van der Waals surface area (Å²) in [5.41, 5.74) is 6.20. The SMILES string of the molecule is CNNC(=O)Cc1ccc(SC(C)C)cc1. The van der Waals surface area contributed by atoms with Gasteiger partial charge in [-0.15, -0.1) is 11.8 Å². The van der Waals surface area contributed by atoms with Crippen LogP contribution in [0, 0.1) is 0 Å². The monoisotopic (exact) mass is 238 g/mol. The summed E-state index contributed by atoms with van der Waals surface area (Å²) in [5.74, 6) is -0.0215. The van der Waals surface area contributed by atoms with E-state index in [1.54, 1.807) is 7.05 Å². The summed E-state index contributed by atoms with van der Waals surface area (Å²) in [4.78, 5) is 12.5. The zero-order chi connectivity index (χ0) is 12.0. The number of hydrazine groups is 1. The van der Waals surface area contributed by atoms with E-state index in [4.69, 9.17) is 0 Å². The van der Waals surface area contributed by atoms with Crippen molar-refractivity contribution in [2.24, 2.45) is 0 Å². The molecule has 1 rings (SSSR count). The van der Waals surface area contributed by atoms with Crippen LogP contribution in [-0.2, 0) is 11.2 Å². The number of amides is 1. The zero-order valence-electron chi connectivity index (χ0n) is 9.91. The van der Waals surface area contributed by atoms with Gasteiger partial charge in [0.05, 0.1) is 6.42 Å². The molecule has 0 saturated heterocycles. The first-order chi connectivity index (χ1) is 7.61. The van der Waals surface area contributed by atoms with Crippen molar-refractivity contribution in [1.82, 2.24) is 10.9 Å². The van der Waals surface area contributed by atoms with Gasteiger partial charge in [0.1, 0.15) is 0 Å². The molecule has 0 atom stereocenters. The highest BCUT2D eigenvalue weighted by Gasteiger charge is 2.02. The standard InChI is InChI=1S/C12H18N2OS/c1-9(2)16-11-6-4-10(5-7-11)8-12(15)14-13-3/h4-7,9,13H,8H2,1-3H3,(H,14,15). The van der Waals surface area contributed by atoms with Crippen LogP contribution in [0.4, 0.5) is 0 Å². The van der Waals surface area contributed by atoms with E-state index in [1.165, 1.54) is 4.90 Å². The molecule has 3 nitrogen and oxygen atoms in total. The zero-order valence-corrected chi connectivity index (χ0v) is 10.7. The van der Waals surface area contributed by atoms with E-state index in [0.29, 0.717) is 11.7 Å². The average Bonchev–Trinajstić information content (AvgIpc) is 2.20. The fourth-order valence-corrected chi connectivity index (χ4v) is 2.16. The second kappa shape index (κ2) is 6.55. The van der Waals surface area contributed by atoms with Crippen molar-refractivity contribution in [3.05, 3.63) is 29.8 Å². The smallest absolute Gasteiger partial charge is 0.238 e. The number of benzene rings is 1. The largest absolute Gasteiger partial charge is 0.292 e. The lowest BCUT2D eigenvalue weighted by Gasteiger charge is -2.06. The fourth-order valence-electron chi connectivity index (χ4n) is 1.33. The van der Waals surface area contributed by atoms with Crippen molar-refractivity contribution < 1.29 is 4.79 Å². The molecule has 0 aliphatic carbocycles. The summed E-state index contributed by atoms with van der Waals surface area (Å²) in [6.45, 7) is 4.33. The molecule has 16 heavy (non-hydrogen) atoms. The molecule has 0 aliphatic heterocycles. The van der Waals surface area contributed by atoms with Crippen LogP contribution >= 0.6 is 11.8 Å². The lowest BCUT2D eigenvalue weighted by Crippen LogP contribution is -2.35. The van der Waals surface area contributed by atoms with Gasteiger partial charge >= 0.3 is 0 Å². The van der Waals surface area contributed by atoms with E-state index in [1.807, 2.05) is 23.9 Å². The van der Waals surface area contributed by atoms with Crippen LogP contribution in [-0.4, -0.2) is 18.2 Å². The van der Waals surface area contributed by atoms with Crippen molar-refractivity contribution >= 4 is 17.7 Å². The molecule has 0 aromatic heterocycles. The predicted octanol–water partition coefficient (Wildman–Crippen LogP) is 1.98. The van der Waals surface area contributed by atoms with E-state index < -0.39 is 0 Å². The van der Waals surface area contributed by atoms with E-state index in [-0.39, 0.29) is 5.91 Å². The molecule has 0 saturated carbocycles. The van der Waals surface area contributed by atoms with Gasteiger partial charge in [-0.25, -0.2) is 5.43 Å². The number of hydrogen-bond acceptors (Lipinski definition) is 3. The Kier molecular flexibility index (Phi) is 5.35. The third-order valence-corrected chi connectivity index (χ3v) is 2.94. The van der Waals surface area contributed by atoms with Crippen molar-refractivity contribution in [2.75, 3.05) is 7.05 Å². The first-order valence-corrected chi connectivity index (χ1v) is 6.21. The van der Waals surface area contributed by atoms with Gasteiger partial charge in [-0.2, -0.15) is 0 Å². The fraction of sp³-hybridized carbons (Fsp3) is 0.417. The Hall–Kier alpha value is -1.00. The Morgan fingerprint density at radius 3 is 2.44 bits per heavy atom. The highest BCUT2D eigenvalue weighted by Crippen LogP contribution is 2.22. The molecule has 4 heteroatoms. The number of nitrogens with one attached hydrogen (secondary N) is 2. The van der Waals surface area contributed by atoms with E-state index in [0.717, 1.165) is 5.56 Å². The summed E-state index contributed by atoms with van der Waals surface area (Å²) in [5, 5.41) is 0.582. The van der Waals surface area contributed by atoms with Crippen molar-refractivity contribution in [1.29, 1.82) is 0 Å². The van der Waals surface area contributed by atoms with Gasteiger partial charge in [0.25, 0.3) is 0 Å². The normalized spacial score (nSPS) is 10.5. The van der Waals surface area contributed by atoms with Crippen LogP contribution in [0.15, 0.2) is 29.2 Å². The molecule has 0 spiro atoms. The number of thioether (sulfide) groups is 1. The second-order valence-electron chi connectivity index (χ2n) is 3.79. The molecule has 88 valence electrons. The molecule has 0 aliphatic rings. The molecule has 1 aromatic carbocycles. The highest BCUT2D eigenvalue weighted by atomic mass is 32.2. The number of carbonyl (C=O) groups excluding carboxylic acids is 1. The van der Waals surface area contributed by atoms with Gasteiger partial charge in [0.15, 0.2) is 0 Å². The maximum absolute atomic E-state index is 11.3. The molecule has 0 heterocycles. The Balaban J connectivity index is 2.54. The Morgan fingerprint density at radius 2 is 1.94 bits per heavy atom. The molecule has 0 radical (unpaired) electrons. The first kappa shape index (κ1) is 13.1. The van der Waals surface area contributed by atoms with Gasteiger partial charge < -0.3 is 0 Å². The number of rotatable bonds is 5. The maximum atomic E-state index is 11.3. The summed E-state index contributed by atoms with van der Waals surface area (Å²) in [6.07, 6.45) is 0.410. The van der Waals surface area contributed by atoms with E-state index in [2.05, 4.69) is 36.8 Å². The van der Waals surface area contributed by atoms with Crippen LogP contribution in [0.3, 0.4) is 0 Å². The van der Waals surface area contributed by atoms with Crippen LogP contribution in [0.2, 0.25) is 0 Å². The molecule has 0 unspecified atom stereocenters. The quantitative estimate of drug-likeness (QED) is 0.609. The molecule has 1 amide bonds. The van der Waals surface area contributed by atoms with Gasteiger partial charge in [-0.05, 0) is 17.7 Å². The Bertz CT molecular complexity index is 335. The highest BCUT2D eigenvalue weighted by molar-refractivity contribution is 7.99. The van der Waals surface area contributed by atoms with Crippen LogP contribution in [0.5, 0.6) is 0 Å². The van der Waals surface area contributed by atoms with Gasteiger partial charge in [-0.1, -0.05) is 26.0 Å². The van der Waals surface area contributed by atoms with E-state index >= 15 is 0 Å². The van der Waals surface area contributed by atoms with Gasteiger partial charge in [0.2, 0.25) is 5.91 Å². The van der Waals surface area contributed by atoms with Crippen molar-refractivity contribution in [3.63, 3.8) is 0 Å². The molecular formula is C12H18N2OS. The van der Waals surface area contributed by atoms with Crippen LogP contribution in [0.25, 0.3) is 0 Å². The number of hydrogen-bond donors (Lipinski definition) is 2. The minimum atomic E-state index is -0.0215. The molecule has 0 bridgehead atoms. The summed E-state index contributed by atoms with van der Waals surface area (Å²) < 4.78 is 0. The van der Waals surface area contributed by atoms with Crippen LogP contribution in [0.1, 0.15) is 19.4 Å². The average molecular weight is 238 g/mol. The Morgan fingerprint density at radius 1 is 1.31 bits per heavy atom. The van der Waals surface area contributed by atoms with Crippen molar-refractivity contribution in [2.45, 2.75) is 30.4 Å². The first-order valence-electron chi connectivity index (χ1n) is 5.33. The lowest BCUT2D eigenvalue weighted by molar-refractivity contribution is -0.121. The molecule has 0 fully saturated rings. The molecular weight excluding hydrogens is 220 g/mol. The third-order valence-electron chi connectivity index (χ3n) is 1.92. The van der Waals surface area contributed by atoms with Crippen molar-refractivity contribution in [3.8, 4) is 0 Å². The number of carbonyl (C=O) groups is 1. The van der Waals surface area contributed by atoms with Gasteiger partial charge in [-0.3, -0.25) is 10.2 Å². The van der Waals surface area contributed by atoms with E-state index in [9.17, 15) is 4.79 Å². The van der Waals surface area contributed by atoms with Gasteiger partial charge in [0, 0.05) is 17.2 Å². The third kappa shape index (κ3) is 4.68. The van der Waals surface area contributed by atoms with Crippen LogP contribution < -0.4 is 10.9 Å². The summed E-state index contributed by atoms with van der Waals surface area (Å²) >= 11 is 1.82. The minimum absolute atomic E-state index is 0.0215. The molecule has 2 N–H and O–H groups in total. The topological polar surface area (TPSA) is 41.1 Å². The lowest BCUT2D eigenvalue weighted by atomic mass is 10.1. The summed E-state index contributed by atoms with van der Waals surface area (Å²) in [7, 11) is 1.68. The molecule has 1 aromatic rings.